The number of carbonyl (C=O) groups excluding carboxylic acids is 1. The number of aromatic nitrogens is 3. The van der Waals surface area contributed by atoms with Crippen molar-refractivity contribution in [2.24, 2.45) is 0 Å². The van der Waals surface area contributed by atoms with Crippen molar-refractivity contribution in [2.45, 2.75) is 20.3 Å². The van der Waals surface area contributed by atoms with Crippen molar-refractivity contribution in [3.05, 3.63) is 120 Å². The van der Waals surface area contributed by atoms with Crippen LogP contribution in [0.15, 0.2) is 103 Å². The maximum absolute atomic E-state index is 12.8. The van der Waals surface area contributed by atoms with Crippen LogP contribution in [0.25, 0.3) is 11.3 Å². The molecule has 7 nitrogen and oxygen atoms in total. The lowest BCUT2D eigenvalue weighted by Gasteiger charge is -2.13. The van der Waals surface area contributed by atoms with Crippen LogP contribution in [0.3, 0.4) is 0 Å². The van der Waals surface area contributed by atoms with Crippen molar-refractivity contribution in [3.8, 4) is 34.4 Å². The lowest BCUT2D eigenvalue weighted by molar-refractivity contribution is 0.102. The van der Waals surface area contributed by atoms with Crippen LogP contribution in [-0.2, 0) is 6.42 Å². The highest BCUT2D eigenvalue weighted by atomic mass is 16.5. The SMILES string of the molecule is CCc1nccc(-c2cccnc2Oc2ccc(NC(=O)c3ccc(Oc4ccccc4)cc3)cc2C)n1. The van der Waals surface area contributed by atoms with Gasteiger partial charge in [-0.1, -0.05) is 25.1 Å². The van der Waals surface area contributed by atoms with Gasteiger partial charge in [-0.05, 0) is 85.3 Å². The van der Waals surface area contributed by atoms with Gasteiger partial charge in [-0.15, -0.1) is 0 Å². The second kappa shape index (κ2) is 11.3. The zero-order chi connectivity index (χ0) is 26.3. The maximum atomic E-state index is 12.8. The van der Waals surface area contributed by atoms with Crippen molar-refractivity contribution >= 4 is 11.6 Å². The smallest absolute Gasteiger partial charge is 0.255 e. The third-order valence-electron chi connectivity index (χ3n) is 5.80. The van der Waals surface area contributed by atoms with E-state index >= 15 is 0 Å². The van der Waals surface area contributed by atoms with Crippen molar-refractivity contribution in [3.63, 3.8) is 0 Å². The number of aryl methyl sites for hydroxylation is 2. The Morgan fingerprint density at radius 3 is 2.37 bits per heavy atom. The molecule has 0 unspecified atom stereocenters. The number of carbonyl (C=O) groups is 1. The molecule has 0 atom stereocenters. The molecular weight excluding hydrogens is 476 g/mol. The number of para-hydroxylation sites is 1. The highest BCUT2D eigenvalue weighted by molar-refractivity contribution is 6.04. The Hall–Kier alpha value is -5.04. The topological polar surface area (TPSA) is 86.2 Å². The fraction of sp³-hybridized carbons (Fsp3) is 0.0968. The average molecular weight is 503 g/mol. The first-order chi connectivity index (χ1) is 18.6. The van der Waals surface area contributed by atoms with Gasteiger partial charge < -0.3 is 14.8 Å². The first kappa shape index (κ1) is 24.6. The molecule has 0 aliphatic heterocycles. The van der Waals surface area contributed by atoms with Gasteiger partial charge in [0.05, 0.1) is 11.3 Å². The molecule has 3 aromatic carbocycles. The number of anilines is 1. The highest BCUT2D eigenvalue weighted by Gasteiger charge is 2.13. The van der Waals surface area contributed by atoms with Gasteiger partial charge in [0.15, 0.2) is 0 Å². The molecule has 188 valence electrons. The summed E-state index contributed by atoms with van der Waals surface area (Å²) in [7, 11) is 0. The summed E-state index contributed by atoms with van der Waals surface area (Å²) in [6, 6.07) is 27.6. The molecule has 0 aliphatic carbocycles. The number of nitrogens with zero attached hydrogens (tertiary/aromatic N) is 3. The number of hydrogen-bond acceptors (Lipinski definition) is 6. The van der Waals surface area contributed by atoms with Gasteiger partial charge >= 0.3 is 0 Å². The van der Waals surface area contributed by atoms with Gasteiger partial charge in [-0.2, -0.15) is 0 Å². The van der Waals surface area contributed by atoms with Crippen LogP contribution in [0.2, 0.25) is 0 Å². The third kappa shape index (κ3) is 5.84. The number of hydrogen-bond donors (Lipinski definition) is 1. The van der Waals surface area contributed by atoms with Gasteiger partial charge in [-0.3, -0.25) is 4.79 Å². The number of ether oxygens (including phenoxy) is 2. The first-order valence-electron chi connectivity index (χ1n) is 12.3. The largest absolute Gasteiger partial charge is 0.457 e. The van der Waals surface area contributed by atoms with Gasteiger partial charge in [0.1, 0.15) is 23.1 Å². The molecule has 0 fully saturated rings. The van der Waals surface area contributed by atoms with E-state index in [9.17, 15) is 4.79 Å². The Bertz CT molecular complexity index is 1550. The van der Waals surface area contributed by atoms with Crippen LogP contribution in [-0.4, -0.2) is 20.9 Å². The van der Waals surface area contributed by atoms with Crippen LogP contribution in [0.4, 0.5) is 5.69 Å². The van der Waals surface area contributed by atoms with Crippen LogP contribution < -0.4 is 14.8 Å². The predicted octanol–water partition coefficient (Wildman–Crippen LogP) is 7.25. The van der Waals surface area contributed by atoms with E-state index < -0.39 is 0 Å². The summed E-state index contributed by atoms with van der Waals surface area (Å²) in [6.07, 6.45) is 4.16. The second-order valence-corrected chi connectivity index (χ2v) is 8.54. The van der Waals surface area contributed by atoms with E-state index in [0.717, 1.165) is 34.8 Å². The fourth-order valence-electron chi connectivity index (χ4n) is 3.83. The minimum Gasteiger partial charge on any atom is -0.457 e. The van der Waals surface area contributed by atoms with Gasteiger partial charge in [0, 0.05) is 30.1 Å². The molecule has 5 rings (SSSR count). The van der Waals surface area contributed by atoms with Crippen LogP contribution in [0.1, 0.15) is 28.7 Å². The van der Waals surface area contributed by atoms with E-state index in [1.54, 1.807) is 42.7 Å². The van der Waals surface area contributed by atoms with Crippen molar-refractivity contribution in [1.82, 2.24) is 15.0 Å². The molecule has 0 saturated heterocycles. The van der Waals surface area contributed by atoms with Crippen molar-refractivity contribution in [1.29, 1.82) is 0 Å². The first-order valence-corrected chi connectivity index (χ1v) is 12.3. The molecule has 0 spiro atoms. The summed E-state index contributed by atoms with van der Waals surface area (Å²) in [6.45, 7) is 3.93. The minimum atomic E-state index is -0.216. The molecule has 2 heterocycles. The Morgan fingerprint density at radius 2 is 1.61 bits per heavy atom. The molecule has 1 N–H and O–H groups in total. The lowest BCUT2D eigenvalue weighted by Crippen LogP contribution is -2.11. The zero-order valence-corrected chi connectivity index (χ0v) is 21.1. The summed E-state index contributed by atoms with van der Waals surface area (Å²) < 4.78 is 12.0. The molecule has 0 bridgehead atoms. The van der Waals surface area contributed by atoms with E-state index in [-0.39, 0.29) is 5.91 Å². The van der Waals surface area contributed by atoms with E-state index in [1.807, 2.05) is 74.5 Å². The fourth-order valence-corrected chi connectivity index (χ4v) is 3.83. The summed E-state index contributed by atoms with van der Waals surface area (Å²) in [5, 5.41) is 2.94. The van der Waals surface area contributed by atoms with E-state index in [0.29, 0.717) is 28.6 Å². The minimum absolute atomic E-state index is 0.216. The number of nitrogens with one attached hydrogen (secondary N) is 1. The Labute approximate surface area is 221 Å². The standard InChI is InChI=1S/C31H26N4O3/c1-3-29-32-19-17-27(35-29)26-10-7-18-33-31(26)38-28-16-13-23(20-21(28)2)34-30(36)22-11-14-25(15-12-22)37-24-8-5-4-6-9-24/h4-20H,3H2,1-2H3,(H,34,36). The molecule has 0 radical (unpaired) electrons. The Balaban J connectivity index is 1.27. The summed E-state index contributed by atoms with van der Waals surface area (Å²) in [5.41, 5.74) is 3.57. The normalized spacial score (nSPS) is 10.6. The van der Waals surface area contributed by atoms with E-state index in [1.165, 1.54) is 0 Å². The van der Waals surface area contributed by atoms with Crippen molar-refractivity contribution < 1.29 is 14.3 Å². The zero-order valence-electron chi connectivity index (χ0n) is 21.1. The molecule has 1 amide bonds. The molecule has 7 heteroatoms. The number of pyridine rings is 1. The molecule has 2 aromatic heterocycles. The summed E-state index contributed by atoms with van der Waals surface area (Å²) >= 11 is 0. The molecule has 5 aromatic rings. The van der Waals surface area contributed by atoms with E-state index in [4.69, 9.17) is 9.47 Å². The van der Waals surface area contributed by atoms with Gasteiger partial charge in [0.2, 0.25) is 5.88 Å². The Morgan fingerprint density at radius 1 is 0.816 bits per heavy atom. The van der Waals surface area contributed by atoms with Crippen LogP contribution in [0, 0.1) is 6.92 Å². The lowest BCUT2D eigenvalue weighted by atomic mass is 10.1. The second-order valence-electron chi connectivity index (χ2n) is 8.54. The third-order valence-corrected chi connectivity index (χ3v) is 5.80. The highest BCUT2D eigenvalue weighted by Crippen LogP contribution is 2.33. The van der Waals surface area contributed by atoms with Crippen LogP contribution >= 0.6 is 0 Å². The average Bonchev–Trinajstić information content (AvgIpc) is 2.96. The monoisotopic (exact) mass is 502 g/mol. The number of amides is 1. The van der Waals surface area contributed by atoms with E-state index in [2.05, 4.69) is 20.3 Å². The predicted molar refractivity (Wildman–Crippen MR) is 147 cm³/mol. The summed E-state index contributed by atoms with van der Waals surface area (Å²) in [4.78, 5) is 26.1. The van der Waals surface area contributed by atoms with Crippen molar-refractivity contribution in [2.75, 3.05) is 5.32 Å². The maximum Gasteiger partial charge on any atom is 0.255 e. The molecule has 38 heavy (non-hydrogen) atoms. The molecular formula is C31H26N4O3. The molecule has 0 aliphatic rings. The van der Waals surface area contributed by atoms with Crippen LogP contribution in [0.5, 0.6) is 23.1 Å². The quantitative estimate of drug-likeness (QED) is 0.241. The summed E-state index contributed by atoms with van der Waals surface area (Å²) in [5.74, 6) is 3.02. The Kier molecular flexibility index (Phi) is 7.36. The van der Waals surface area contributed by atoms with Gasteiger partial charge in [0.25, 0.3) is 5.91 Å². The number of rotatable bonds is 8. The molecule has 0 saturated carbocycles. The number of benzene rings is 3. The van der Waals surface area contributed by atoms with Gasteiger partial charge in [-0.25, -0.2) is 15.0 Å².